The Morgan fingerprint density at radius 3 is 2.47 bits per heavy atom. The van der Waals surface area contributed by atoms with Gasteiger partial charge in [0, 0.05) is 24.5 Å². The predicted molar refractivity (Wildman–Crippen MR) is 138 cm³/mol. The van der Waals surface area contributed by atoms with Gasteiger partial charge in [-0.05, 0) is 55.0 Å². The van der Waals surface area contributed by atoms with E-state index in [4.69, 9.17) is 0 Å². The fourth-order valence-electron chi connectivity index (χ4n) is 3.66. The summed E-state index contributed by atoms with van der Waals surface area (Å²) in [6, 6.07) is 14.8. The number of amides is 3. The van der Waals surface area contributed by atoms with E-state index in [1.165, 1.54) is 35.8 Å². The summed E-state index contributed by atoms with van der Waals surface area (Å²) in [5.74, 6) is -1.04. The quantitative estimate of drug-likeness (QED) is 0.154. The number of nitrogens with zero attached hydrogens (tertiary/aromatic N) is 5. The van der Waals surface area contributed by atoms with Crippen LogP contribution in [0.3, 0.4) is 0 Å². The molecule has 0 bridgehead atoms. The second-order valence-electron chi connectivity index (χ2n) is 7.93. The molecule has 3 amide bonds. The van der Waals surface area contributed by atoms with E-state index in [0.29, 0.717) is 21.2 Å². The number of aryl methyl sites for hydroxylation is 1. The lowest BCUT2D eigenvalue weighted by molar-refractivity contribution is -0.380. The third kappa shape index (κ3) is 4.51. The largest absolute Gasteiger partial charge is 0.324 e. The van der Waals surface area contributed by atoms with Crippen LogP contribution in [0.4, 0.5) is 15.8 Å². The van der Waals surface area contributed by atoms with Crippen LogP contribution in [-0.2, 0) is 9.59 Å². The second-order valence-corrected chi connectivity index (χ2v) is 10.0. The van der Waals surface area contributed by atoms with Crippen LogP contribution >= 0.6 is 22.7 Å². The highest BCUT2D eigenvalue weighted by Gasteiger charge is 2.30. The van der Waals surface area contributed by atoms with Crippen molar-refractivity contribution in [1.82, 2.24) is 4.98 Å². The van der Waals surface area contributed by atoms with Crippen molar-refractivity contribution in [2.24, 2.45) is 5.10 Å². The van der Waals surface area contributed by atoms with Crippen LogP contribution in [0.15, 0.2) is 59.7 Å². The van der Waals surface area contributed by atoms with Crippen molar-refractivity contribution in [3.05, 3.63) is 80.7 Å². The first kappa shape index (κ1) is 23.5. The number of hydrazone groups is 1. The van der Waals surface area contributed by atoms with E-state index >= 15 is 0 Å². The predicted octanol–water partition coefficient (Wildman–Crippen LogP) is 4.91. The lowest BCUT2D eigenvalue weighted by Gasteiger charge is -2.16. The number of imide groups is 1. The highest BCUT2D eigenvalue weighted by atomic mass is 32.1. The first-order valence-electron chi connectivity index (χ1n) is 10.8. The summed E-state index contributed by atoms with van der Waals surface area (Å²) in [5, 5.41) is 16.8. The van der Waals surface area contributed by atoms with Crippen LogP contribution in [0.2, 0.25) is 0 Å². The molecule has 2 aromatic carbocycles. The van der Waals surface area contributed by atoms with E-state index in [1.807, 2.05) is 25.1 Å². The maximum absolute atomic E-state index is 13.5. The van der Waals surface area contributed by atoms with E-state index in [9.17, 15) is 24.5 Å². The number of aromatic nitrogens is 1. The van der Waals surface area contributed by atoms with Crippen molar-refractivity contribution in [3.8, 4) is 0 Å². The second kappa shape index (κ2) is 9.40. The number of rotatable bonds is 6. The van der Waals surface area contributed by atoms with E-state index < -0.39 is 10.8 Å². The normalized spacial score (nSPS) is 13.8. The number of fused-ring (bicyclic) bond motifs is 1. The number of anilines is 2. The van der Waals surface area contributed by atoms with Crippen molar-refractivity contribution < 1.29 is 19.3 Å². The maximum Gasteiger partial charge on any atom is 0.324 e. The molecule has 1 saturated heterocycles. The minimum atomic E-state index is -0.488. The van der Waals surface area contributed by atoms with Crippen LogP contribution in [0, 0.1) is 17.0 Å². The summed E-state index contributed by atoms with van der Waals surface area (Å²) < 4.78 is 0.881. The topological polar surface area (TPSA) is 126 Å². The Morgan fingerprint density at radius 1 is 1.08 bits per heavy atom. The lowest BCUT2D eigenvalue weighted by Crippen LogP contribution is -2.29. The van der Waals surface area contributed by atoms with Gasteiger partial charge in [0.2, 0.25) is 16.9 Å². The number of nitro groups is 1. The van der Waals surface area contributed by atoms with Gasteiger partial charge in [0.15, 0.2) is 0 Å². The number of thiophene rings is 1. The van der Waals surface area contributed by atoms with Gasteiger partial charge in [0.05, 0.1) is 31.9 Å². The molecule has 1 aliphatic heterocycles. The SMILES string of the molecule is Cc1ccc2nc(N(/N=C/c3ccc([N+](=O)[O-])s3)C(=O)c3ccc(N4C(=O)CCC4=O)cc3)sc2c1. The van der Waals surface area contributed by atoms with Gasteiger partial charge in [-0.1, -0.05) is 28.7 Å². The molecule has 0 spiro atoms. The minimum Gasteiger partial charge on any atom is -0.274 e. The van der Waals surface area contributed by atoms with Gasteiger partial charge in [0.25, 0.3) is 5.91 Å². The smallest absolute Gasteiger partial charge is 0.274 e. The summed E-state index contributed by atoms with van der Waals surface area (Å²) in [6.07, 6.45) is 1.71. The minimum absolute atomic E-state index is 0.0358. The van der Waals surface area contributed by atoms with E-state index in [-0.39, 0.29) is 35.2 Å². The van der Waals surface area contributed by atoms with Crippen molar-refractivity contribution in [2.45, 2.75) is 19.8 Å². The summed E-state index contributed by atoms with van der Waals surface area (Å²) in [4.78, 5) is 54.3. The third-order valence-corrected chi connectivity index (χ3v) is 7.39. The molecule has 0 radical (unpaired) electrons. The van der Waals surface area contributed by atoms with Crippen molar-refractivity contribution in [1.29, 1.82) is 0 Å². The molecular formula is C24H17N5O5S2. The van der Waals surface area contributed by atoms with Crippen LogP contribution in [0.5, 0.6) is 0 Å². The molecular weight excluding hydrogens is 502 g/mol. The number of thiazole rings is 1. The number of hydrogen-bond acceptors (Lipinski definition) is 9. The molecule has 4 aromatic rings. The van der Waals surface area contributed by atoms with Crippen molar-refractivity contribution in [2.75, 3.05) is 9.91 Å². The molecule has 36 heavy (non-hydrogen) atoms. The van der Waals surface area contributed by atoms with Gasteiger partial charge in [-0.3, -0.25) is 29.4 Å². The van der Waals surface area contributed by atoms with Gasteiger partial charge in [-0.15, -0.1) is 0 Å². The Bertz CT molecular complexity index is 1540. The highest BCUT2D eigenvalue weighted by Crippen LogP contribution is 2.32. The summed E-state index contributed by atoms with van der Waals surface area (Å²) >= 11 is 2.23. The number of benzene rings is 2. The Balaban J connectivity index is 1.49. The molecule has 180 valence electrons. The zero-order valence-electron chi connectivity index (χ0n) is 18.8. The average molecular weight is 520 g/mol. The van der Waals surface area contributed by atoms with Crippen molar-refractivity contribution >= 4 is 72.6 Å². The Hall–Kier alpha value is -4.29. The molecule has 12 heteroatoms. The van der Waals surface area contributed by atoms with E-state index in [0.717, 1.165) is 31.5 Å². The fourth-order valence-corrected chi connectivity index (χ4v) is 5.37. The molecule has 2 aromatic heterocycles. The molecule has 10 nitrogen and oxygen atoms in total. The summed E-state index contributed by atoms with van der Waals surface area (Å²) in [6.45, 7) is 1.96. The number of carbonyl (C=O) groups excluding carboxylic acids is 3. The molecule has 0 atom stereocenters. The van der Waals surface area contributed by atoms with Crippen LogP contribution < -0.4 is 9.91 Å². The molecule has 0 N–H and O–H groups in total. The zero-order chi connectivity index (χ0) is 25.4. The van der Waals surface area contributed by atoms with Crippen LogP contribution in [-0.4, -0.2) is 33.8 Å². The first-order chi connectivity index (χ1) is 17.3. The van der Waals surface area contributed by atoms with Crippen LogP contribution in [0.25, 0.3) is 10.2 Å². The molecule has 5 rings (SSSR count). The molecule has 1 fully saturated rings. The lowest BCUT2D eigenvalue weighted by atomic mass is 10.2. The Morgan fingerprint density at radius 2 is 1.81 bits per heavy atom. The maximum atomic E-state index is 13.5. The van der Waals surface area contributed by atoms with Gasteiger partial charge in [-0.2, -0.15) is 10.1 Å². The standard InChI is InChI=1S/C24H17N5O5S2/c1-14-2-8-18-19(12-14)36-24(26-18)28(25-13-17-7-11-22(35-17)29(33)34)23(32)15-3-5-16(6-4-15)27-20(30)9-10-21(27)31/h2-8,11-13H,9-10H2,1H3/b25-13+. The molecule has 0 aliphatic carbocycles. The van der Waals surface area contributed by atoms with Crippen molar-refractivity contribution in [3.63, 3.8) is 0 Å². The summed E-state index contributed by atoms with van der Waals surface area (Å²) in [7, 11) is 0. The van der Waals surface area contributed by atoms with Crippen LogP contribution in [0.1, 0.15) is 33.6 Å². The van der Waals surface area contributed by atoms with Gasteiger partial charge >= 0.3 is 5.00 Å². The number of hydrogen-bond donors (Lipinski definition) is 0. The van der Waals surface area contributed by atoms with Gasteiger partial charge in [-0.25, -0.2) is 4.98 Å². The van der Waals surface area contributed by atoms with E-state index in [2.05, 4.69) is 10.1 Å². The summed E-state index contributed by atoms with van der Waals surface area (Å²) in [5.41, 5.74) is 2.42. The fraction of sp³-hybridized carbons (Fsp3) is 0.125. The monoisotopic (exact) mass is 519 g/mol. The van der Waals surface area contributed by atoms with Gasteiger partial charge < -0.3 is 0 Å². The first-order valence-corrected chi connectivity index (χ1v) is 12.4. The average Bonchev–Trinajstić information content (AvgIpc) is 3.58. The van der Waals surface area contributed by atoms with Gasteiger partial charge in [0.1, 0.15) is 0 Å². The molecule has 1 aliphatic rings. The zero-order valence-corrected chi connectivity index (χ0v) is 20.4. The van der Waals surface area contributed by atoms with E-state index in [1.54, 1.807) is 18.2 Å². The highest BCUT2D eigenvalue weighted by molar-refractivity contribution is 7.22. The Labute approximate surface area is 212 Å². The Kier molecular flexibility index (Phi) is 6.12. The third-order valence-electron chi connectivity index (χ3n) is 5.42. The molecule has 3 heterocycles. The number of carbonyl (C=O) groups is 3. The molecule has 0 saturated carbocycles. The molecule has 0 unspecified atom stereocenters.